The molecule has 2 N–H and O–H groups in total. The van der Waals surface area contributed by atoms with E-state index in [1.54, 1.807) is 24.3 Å². The number of thiophene rings is 1. The zero-order valence-corrected chi connectivity index (χ0v) is 21.0. The van der Waals surface area contributed by atoms with Crippen LogP contribution in [0.2, 0.25) is 5.02 Å². The van der Waals surface area contributed by atoms with Gasteiger partial charge in [0, 0.05) is 21.2 Å². The van der Waals surface area contributed by atoms with Crippen LogP contribution in [0.15, 0.2) is 48.5 Å². The van der Waals surface area contributed by atoms with Crippen LogP contribution in [-0.4, -0.2) is 11.8 Å². The average molecular weight is 481 g/mol. The van der Waals surface area contributed by atoms with E-state index in [4.69, 9.17) is 11.6 Å². The lowest BCUT2D eigenvalue weighted by Gasteiger charge is -2.33. The molecule has 0 bridgehead atoms. The number of fused-ring (bicyclic) bond motifs is 1. The molecular weight excluding hydrogens is 452 g/mol. The van der Waals surface area contributed by atoms with E-state index in [0.717, 1.165) is 36.1 Å². The SMILES string of the molecule is Cc1ccc(NC(=O)c2c(NC(=O)c3cccc(Cl)c3)sc3c2CCC(C(C)(C)C)C3)cc1. The predicted molar refractivity (Wildman–Crippen MR) is 138 cm³/mol. The minimum Gasteiger partial charge on any atom is -0.322 e. The van der Waals surface area contributed by atoms with Crippen molar-refractivity contribution in [3.05, 3.63) is 80.7 Å². The zero-order valence-electron chi connectivity index (χ0n) is 19.4. The second kappa shape index (κ2) is 9.32. The van der Waals surface area contributed by atoms with Crippen LogP contribution < -0.4 is 10.6 Å². The Morgan fingerprint density at radius 3 is 2.42 bits per heavy atom. The second-order valence-electron chi connectivity index (χ2n) is 9.80. The van der Waals surface area contributed by atoms with Gasteiger partial charge in [-0.05, 0) is 73.4 Å². The Morgan fingerprint density at radius 2 is 1.76 bits per heavy atom. The molecule has 0 saturated carbocycles. The Morgan fingerprint density at radius 1 is 1.03 bits per heavy atom. The van der Waals surface area contributed by atoms with E-state index >= 15 is 0 Å². The summed E-state index contributed by atoms with van der Waals surface area (Å²) in [6, 6.07) is 14.5. The van der Waals surface area contributed by atoms with Gasteiger partial charge >= 0.3 is 0 Å². The van der Waals surface area contributed by atoms with Crippen molar-refractivity contribution in [2.24, 2.45) is 11.3 Å². The van der Waals surface area contributed by atoms with Crippen molar-refractivity contribution in [3.8, 4) is 0 Å². The van der Waals surface area contributed by atoms with Crippen LogP contribution in [0, 0.1) is 18.3 Å². The van der Waals surface area contributed by atoms with Gasteiger partial charge in [-0.2, -0.15) is 0 Å². The summed E-state index contributed by atoms with van der Waals surface area (Å²) in [5, 5.41) is 7.12. The normalized spacial score (nSPS) is 15.6. The average Bonchev–Trinajstić information content (AvgIpc) is 3.11. The third-order valence-corrected chi connectivity index (χ3v) is 7.75. The monoisotopic (exact) mass is 480 g/mol. The number of carbonyl (C=O) groups is 2. The minimum atomic E-state index is -0.271. The maximum Gasteiger partial charge on any atom is 0.258 e. The Labute approximate surface area is 204 Å². The van der Waals surface area contributed by atoms with Gasteiger partial charge in [-0.3, -0.25) is 9.59 Å². The van der Waals surface area contributed by atoms with Crippen molar-refractivity contribution in [2.45, 2.75) is 47.0 Å². The molecule has 2 amide bonds. The standard InChI is InChI=1S/C27H29ClN2O2S/c1-16-8-11-20(12-9-16)29-25(32)23-21-13-10-18(27(2,3)4)15-22(21)33-26(23)30-24(31)17-6-5-7-19(28)14-17/h5-9,11-12,14,18H,10,13,15H2,1-4H3,(H,29,32)(H,30,31). The van der Waals surface area contributed by atoms with Gasteiger partial charge in [0.25, 0.3) is 11.8 Å². The summed E-state index contributed by atoms with van der Waals surface area (Å²) >= 11 is 7.60. The first-order valence-corrected chi connectivity index (χ1v) is 12.4. The van der Waals surface area contributed by atoms with E-state index in [9.17, 15) is 9.59 Å². The molecule has 0 spiro atoms. The molecule has 2 aromatic carbocycles. The van der Waals surface area contributed by atoms with Crippen LogP contribution in [0.25, 0.3) is 0 Å². The van der Waals surface area contributed by atoms with Crippen LogP contribution in [-0.2, 0) is 12.8 Å². The lowest BCUT2D eigenvalue weighted by molar-refractivity contribution is 0.102. The zero-order chi connectivity index (χ0) is 23.8. The number of rotatable bonds is 4. The van der Waals surface area contributed by atoms with Crippen molar-refractivity contribution >= 4 is 45.4 Å². The quantitative estimate of drug-likeness (QED) is 0.409. The molecule has 1 heterocycles. The lowest BCUT2D eigenvalue weighted by atomic mass is 9.72. The highest BCUT2D eigenvalue weighted by atomic mass is 35.5. The molecule has 3 aromatic rings. The van der Waals surface area contributed by atoms with Crippen LogP contribution in [0.5, 0.6) is 0 Å². The molecule has 4 rings (SSSR count). The summed E-state index contributed by atoms with van der Waals surface area (Å²) in [5.41, 5.74) is 4.16. The number of aryl methyl sites for hydroxylation is 1. The summed E-state index contributed by atoms with van der Waals surface area (Å²) in [6.45, 7) is 8.81. The maximum atomic E-state index is 13.4. The number of hydrogen-bond donors (Lipinski definition) is 2. The van der Waals surface area contributed by atoms with Gasteiger partial charge in [0.05, 0.1) is 5.56 Å². The fraction of sp³-hybridized carbons (Fsp3) is 0.333. The molecule has 1 aliphatic rings. The second-order valence-corrected chi connectivity index (χ2v) is 11.3. The van der Waals surface area contributed by atoms with Gasteiger partial charge < -0.3 is 10.6 Å². The number of benzene rings is 2. The highest BCUT2D eigenvalue weighted by Gasteiger charge is 2.34. The number of anilines is 2. The van der Waals surface area contributed by atoms with Gasteiger partial charge in [0.15, 0.2) is 0 Å². The van der Waals surface area contributed by atoms with Crippen LogP contribution in [0.3, 0.4) is 0 Å². The van der Waals surface area contributed by atoms with Gasteiger partial charge in [-0.15, -0.1) is 11.3 Å². The van der Waals surface area contributed by atoms with E-state index in [0.29, 0.717) is 27.1 Å². The fourth-order valence-electron chi connectivity index (χ4n) is 4.29. The van der Waals surface area contributed by atoms with Crippen molar-refractivity contribution in [2.75, 3.05) is 10.6 Å². The van der Waals surface area contributed by atoms with Crippen LogP contribution in [0.4, 0.5) is 10.7 Å². The molecule has 33 heavy (non-hydrogen) atoms. The van der Waals surface area contributed by atoms with Crippen LogP contribution in [0.1, 0.15) is 63.9 Å². The first-order valence-electron chi connectivity index (χ1n) is 11.2. The highest BCUT2D eigenvalue weighted by Crippen LogP contribution is 2.44. The van der Waals surface area contributed by atoms with Crippen LogP contribution >= 0.6 is 22.9 Å². The largest absolute Gasteiger partial charge is 0.322 e. The minimum absolute atomic E-state index is 0.188. The van der Waals surface area contributed by atoms with E-state index in [-0.39, 0.29) is 17.2 Å². The summed E-state index contributed by atoms with van der Waals surface area (Å²) < 4.78 is 0. The summed E-state index contributed by atoms with van der Waals surface area (Å²) in [7, 11) is 0. The Bertz CT molecular complexity index is 1190. The van der Waals surface area contributed by atoms with Gasteiger partial charge in [0.2, 0.25) is 0 Å². The maximum absolute atomic E-state index is 13.4. The number of carbonyl (C=O) groups excluding carboxylic acids is 2. The van der Waals surface area contributed by atoms with Crippen molar-refractivity contribution in [1.29, 1.82) is 0 Å². The number of nitrogens with one attached hydrogen (secondary N) is 2. The third-order valence-electron chi connectivity index (χ3n) is 6.34. The third kappa shape index (κ3) is 5.31. The van der Waals surface area contributed by atoms with Crippen molar-refractivity contribution in [3.63, 3.8) is 0 Å². The molecule has 4 nitrogen and oxygen atoms in total. The molecule has 6 heteroatoms. The van der Waals surface area contributed by atoms with Gasteiger partial charge in [-0.1, -0.05) is 56.1 Å². The molecule has 1 unspecified atom stereocenters. The first kappa shape index (κ1) is 23.5. The molecule has 0 saturated heterocycles. The molecule has 0 aliphatic heterocycles. The van der Waals surface area contributed by atoms with Crippen molar-refractivity contribution < 1.29 is 9.59 Å². The summed E-state index contributed by atoms with van der Waals surface area (Å²) in [5.74, 6) is 0.0768. The summed E-state index contributed by atoms with van der Waals surface area (Å²) in [4.78, 5) is 27.6. The van der Waals surface area contributed by atoms with E-state index in [1.165, 1.54) is 16.2 Å². The molecular formula is C27H29ClN2O2S. The fourth-order valence-corrected chi connectivity index (χ4v) is 5.80. The molecule has 0 radical (unpaired) electrons. The molecule has 172 valence electrons. The molecule has 1 atom stereocenters. The number of halogens is 1. The topological polar surface area (TPSA) is 58.2 Å². The van der Waals surface area contributed by atoms with E-state index in [2.05, 4.69) is 31.4 Å². The molecule has 1 aromatic heterocycles. The molecule has 1 aliphatic carbocycles. The van der Waals surface area contributed by atoms with E-state index in [1.807, 2.05) is 31.2 Å². The Balaban J connectivity index is 1.68. The number of hydrogen-bond acceptors (Lipinski definition) is 3. The first-order chi connectivity index (χ1) is 15.6. The van der Waals surface area contributed by atoms with Gasteiger partial charge in [0.1, 0.15) is 5.00 Å². The Kier molecular flexibility index (Phi) is 6.64. The lowest BCUT2D eigenvalue weighted by Crippen LogP contribution is -2.27. The predicted octanol–water partition coefficient (Wildman–Crippen LogP) is 7.37. The summed E-state index contributed by atoms with van der Waals surface area (Å²) in [6.07, 6.45) is 2.78. The van der Waals surface area contributed by atoms with Crippen molar-refractivity contribution in [1.82, 2.24) is 0 Å². The number of amides is 2. The highest BCUT2D eigenvalue weighted by molar-refractivity contribution is 7.17. The van der Waals surface area contributed by atoms with Gasteiger partial charge in [-0.25, -0.2) is 0 Å². The Hall–Kier alpha value is -2.63. The van der Waals surface area contributed by atoms with E-state index < -0.39 is 0 Å². The molecule has 0 fully saturated rings. The smallest absolute Gasteiger partial charge is 0.258 e.